The number of hydrogen-bond donors (Lipinski definition) is 1. The van der Waals surface area contributed by atoms with Gasteiger partial charge in [-0.3, -0.25) is 9.20 Å². The SMILES string of the molecule is C[C@H](Sc1nnc2ccccn12)C(=O)Nc1ccc2c(c1)OCCO2. The van der Waals surface area contributed by atoms with Crippen molar-refractivity contribution in [2.45, 2.75) is 17.3 Å². The Kier molecular flexibility index (Phi) is 4.19. The third-order valence-corrected chi connectivity index (χ3v) is 4.80. The van der Waals surface area contributed by atoms with Gasteiger partial charge in [-0.15, -0.1) is 10.2 Å². The minimum Gasteiger partial charge on any atom is -0.486 e. The van der Waals surface area contributed by atoms with Crippen LogP contribution in [-0.4, -0.2) is 39.0 Å². The Hall–Kier alpha value is -2.74. The fourth-order valence-corrected chi connectivity index (χ4v) is 3.31. The number of aromatic nitrogens is 3. The van der Waals surface area contributed by atoms with E-state index in [9.17, 15) is 4.79 Å². The number of benzene rings is 1. The quantitative estimate of drug-likeness (QED) is 0.724. The maximum absolute atomic E-state index is 12.5. The highest BCUT2D eigenvalue weighted by molar-refractivity contribution is 8.00. The monoisotopic (exact) mass is 356 g/mol. The second-order valence-corrected chi connectivity index (χ2v) is 6.83. The molecule has 25 heavy (non-hydrogen) atoms. The molecule has 0 spiro atoms. The van der Waals surface area contributed by atoms with Gasteiger partial charge < -0.3 is 14.8 Å². The number of nitrogens with zero attached hydrogens (tertiary/aromatic N) is 3. The van der Waals surface area contributed by atoms with Crippen molar-refractivity contribution in [3.8, 4) is 11.5 Å². The molecule has 0 saturated carbocycles. The molecule has 1 atom stereocenters. The summed E-state index contributed by atoms with van der Waals surface area (Å²) < 4.78 is 12.9. The Morgan fingerprint density at radius 3 is 2.92 bits per heavy atom. The van der Waals surface area contributed by atoms with Crippen molar-refractivity contribution in [2.24, 2.45) is 0 Å². The predicted molar refractivity (Wildman–Crippen MR) is 94.4 cm³/mol. The van der Waals surface area contributed by atoms with E-state index in [1.54, 1.807) is 18.2 Å². The summed E-state index contributed by atoms with van der Waals surface area (Å²) in [5, 5.41) is 11.5. The lowest BCUT2D eigenvalue weighted by atomic mass is 10.2. The molecule has 0 saturated heterocycles. The molecule has 8 heteroatoms. The van der Waals surface area contributed by atoms with Gasteiger partial charge in [0, 0.05) is 18.0 Å². The fourth-order valence-electron chi connectivity index (χ4n) is 2.48. The Bertz CT molecular complexity index is 927. The van der Waals surface area contributed by atoms with Crippen LogP contribution >= 0.6 is 11.8 Å². The van der Waals surface area contributed by atoms with E-state index in [0.717, 1.165) is 5.65 Å². The molecular weight excluding hydrogens is 340 g/mol. The summed E-state index contributed by atoms with van der Waals surface area (Å²) in [4.78, 5) is 12.5. The van der Waals surface area contributed by atoms with Crippen LogP contribution < -0.4 is 14.8 Å². The summed E-state index contributed by atoms with van der Waals surface area (Å²) in [6, 6.07) is 11.0. The Labute approximate surface area is 148 Å². The average molecular weight is 356 g/mol. The van der Waals surface area contributed by atoms with Crippen LogP contribution in [0.1, 0.15) is 6.92 Å². The van der Waals surface area contributed by atoms with Crippen molar-refractivity contribution in [2.75, 3.05) is 18.5 Å². The molecule has 0 aliphatic carbocycles. The van der Waals surface area contributed by atoms with Crippen molar-refractivity contribution < 1.29 is 14.3 Å². The fraction of sp³-hybridized carbons (Fsp3) is 0.235. The van der Waals surface area contributed by atoms with Gasteiger partial charge in [-0.25, -0.2) is 0 Å². The summed E-state index contributed by atoms with van der Waals surface area (Å²) in [5.74, 6) is 1.23. The van der Waals surface area contributed by atoms with Gasteiger partial charge in [0.15, 0.2) is 22.3 Å². The average Bonchev–Trinajstić information content (AvgIpc) is 3.04. The van der Waals surface area contributed by atoms with Crippen LogP contribution in [0.2, 0.25) is 0 Å². The van der Waals surface area contributed by atoms with E-state index in [2.05, 4.69) is 15.5 Å². The van der Waals surface area contributed by atoms with Gasteiger partial charge in [-0.05, 0) is 31.2 Å². The first-order chi connectivity index (χ1) is 12.2. The summed E-state index contributed by atoms with van der Waals surface area (Å²) in [6.45, 7) is 2.89. The zero-order valence-electron chi connectivity index (χ0n) is 13.5. The molecule has 7 nitrogen and oxygen atoms in total. The van der Waals surface area contributed by atoms with Crippen molar-refractivity contribution >= 4 is 29.0 Å². The van der Waals surface area contributed by atoms with E-state index in [-0.39, 0.29) is 11.2 Å². The van der Waals surface area contributed by atoms with E-state index in [4.69, 9.17) is 9.47 Å². The van der Waals surface area contributed by atoms with Gasteiger partial charge in [-0.1, -0.05) is 17.8 Å². The number of fused-ring (bicyclic) bond motifs is 2. The van der Waals surface area contributed by atoms with Crippen LogP contribution in [0.3, 0.4) is 0 Å². The highest BCUT2D eigenvalue weighted by Crippen LogP contribution is 2.33. The van der Waals surface area contributed by atoms with Crippen LogP contribution in [-0.2, 0) is 4.79 Å². The van der Waals surface area contributed by atoms with Crippen LogP contribution in [0.15, 0.2) is 47.8 Å². The van der Waals surface area contributed by atoms with E-state index < -0.39 is 0 Å². The molecule has 2 aromatic heterocycles. The molecular formula is C17H16N4O3S. The maximum atomic E-state index is 12.5. The van der Waals surface area contributed by atoms with E-state index in [1.165, 1.54) is 11.8 Å². The van der Waals surface area contributed by atoms with Gasteiger partial charge >= 0.3 is 0 Å². The zero-order valence-corrected chi connectivity index (χ0v) is 14.3. The predicted octanol–water partition coefficient (Wildman–Crippen LogP) is 2.62. The molecule has 1 amide bonds. The van der Waals surface area contributed by atoms with Crippen molar-refractivity contribution in [1.82, 2.24) is 14.6 Å². The number of ether oxygens (including phenoxy) is 2. The smallest absolute Gasteiger partial charge is 0.237 e. The summed E-state index contributed by atoms with van der Waals surface area (Å²) in [7, 11) is 0. The number of nitrogens with one attached hydrogen (secondary N) is 1. The molecule has 0 radical (unpaired) electrons. The number of anilines is 1. The highest BCUT2D eigenvalue weighted by Gasteiger charge is 2.19. The minimum atomic E-state index is -0.333. The lowest BCUT2D eigenvalue weighted by molar-refractivity contribution is -0.115. The molecule has 1 aromatic carbocycles. The van der Waals surface area contributed by atoms with Gasteiger partial charge in [-0.2, -0.15) is 0 Å². The van der Waals surface area contributed by atoms with Crippen LogP contribution in [0.25, 0.3) is 5.65 Å². The second kappa shape index (κ2) is 6.64. The van der Waals surface area contributed by atoms with E-state index >= 15 is 0 Å². The summed E-state index contributed by atoms with van der Waals surface area (Å²) >= 11 is 1.36. The third-order valence-electron chi connectivity index (χ3n) is 3.74. The Morgan fingerprint density at radius 1 is 1.20 bits per heavy atom. The second-order valence-electron chi connectivity index (χ2n) is 5.52. The summed E-state index contributed by atoms with van der Waals surface area (Å²) in [5.41, 5.74) is 1.43. The molecule has 1 aliphatic rings. The van der Waals surface area contributed by atoms with Crippen LogP contribution in [0.4, 0.5) is 5.69 Å². The lowest BCUT2D eigenvalue weighted by Gasteiger charge is -2.19. The van der Waals surface area contributed by atoms with Crippen molar-refractivity contribution in [3.05, 3.63) is 42.6 Å². The van der Waals surface area contributed by atoms with Crippen molar-refractivity contribution in [3.63, 3.8) is 0 Å². The minimum absolute atomic E-state index is 0.116. The maximum Gasteiger partial charge on any atom is 0.237 e. The first kappa shape index (κ1) is 15.8. The first-order valence-electron chi connectivity index (χ1n) is 7.87. The molecule has 1 aliphatic heterocycles. The molecule has 0 bridgehead atoms. The number of thioether (sulfide) groups is 1. The van der Waals surface area contributed by atoms with Crippen LogP contribution in [0.5, 0.6) is 11.5 Å². The molecule has 3 heterocycles. The van der Waals surface area contributed by atoms with Crippen LogP contribution in [0, 0.1) is 0 Å². The number of hydrogen-bond acceptors (Lipinski definition) is 6. The van der Waals surface area contributed by atoms with Crippen molar-refractivity contribution in [1.29, 1.82) is 0 Å². The molecule has 128 valence electrons. The number of pyridine rings is 1. The molecule has 0 unspecified atom stereocenters. The van der Waals surface area contributed by atoms with Gasteiger partial charge in [0.1, 0.15) is 13.2 Å². The number of amides is 1. The number of carbonyl (C=O) groups is 1. The topological polar surface area (TPSA) is 77.8 Å². The normalized spacial score (nSPS) is 14.3. The zero-order chi connectivity index (χ0) is 17.2. The largest absolute Gasteiger partial charge is 0.486 e. The number of carbonyl (C=O) groups excluding carboxylic acids is 1. The molecule has 1 N–H and O–H groups in total. The molecule has 0 fully saturated rings. The third kappa shape index (κ3) is 3.25. The lowest BCUT2D eigenvalue weighted by Crippen LogP contribution is -2.23. The van der Waals surface area contributed by atoms with E-state index in [0.29, 0.717) is 35.6 Å². The van der Waals surface area contributed by atoms with Gasteiger partial charge in [0.05, 0.1) is 5.25 Å². The first-order valence-corrected chi connectivity index (χ1v) is 8.75. The van der Waals surface area contributed by atoms with E-state index in [1.807, 2.05) is 35.7 Å². The summed E-state index contributed by atoms with van der Waals surface area (Å²) in [6.07, 6.45) is 1.88. The van der Waals surface area contributed by atoms with Gasteiger partial charge in [0.2, 0.25) is 5.91 Å². The molecule has 3 aromatic rings. The number of rotatable bonds is 4. The Morgan fingerprint density at radius 2 is 2.04 bits per heavy atom. The Balaban J connectivity index is 1.45. The van der Waals surface area contributed by atoms with Gasteiger partial charge in [0.25, 0.3) is 0 Å². The standard InChI is InChI=1S/C17H16N4O3S/c1-11(25-17-20-19-15-4-2-3-7-21(15)17)16(22)18-12-5-6-13-14(10-12)24-9-8-23-13/h2-7,10-11H,8-9H2,1H3,(H,18,22)/t11-/m0/s1. The molecule has 4 rings (SSSR count). The highest BCUT2D eigenvalue weighted by atomic mass is 32.2.